The quantitative estimate of drug-likeness (QED) is 0.655. The predicted molar refractivity (Wildman–Crippen MR) is 112 cm³/mol. The van der Waals surface area contributed by atoms with Crippen LogP contribution in [0, 0.1) is 5.82 Å². The van der Waals surface area contributed by atoms with Crippen molar-refractivity contribution < 1.29 is 22.3 Å². The molecule has 0 unspecified atom stereocenters. The van der Waals surface area contributed by atoms with Gasteiger partial charge in [-0.2, -0.15) is 5.10 Å². The van der Waals surface area contributed by atoms with Crippen molar-refractivity contribution in [3.05, 3.63) is 40.7 Å². The lowest BCUT2D eigenvalue weighted by atomic mass is 9.86. The zero-order valence-corrected chi connectivity index (χ0v) is 18.8. The Bertz CT molecular complexity index is 989. The number of hydrogen-bond acceptors (Lipinski definition) is 5. The van der Waals surface area contributed by atoms with Crippen molar-refractivity contribution in [2.45, 2.75) is 70.4 Å². The highest BCUT2D eigenvalue weighted by molar-refractivity contribution is 7.92. The van der Waals surface area contributed by atoms with Crippen LogP contribution in [0.5, 0.6) is 5.88 Å². The normalized spacial score (nSPS) is 14.5. The Morgan fingerprint density at radius 3 is 2.37 bits per heavy atom. The lowest BCUT2D eigenvalue weighted by Gasteiger charge is -2.19. The Kier molecular flexibility index (Phi) is 6.65. The van der Waals surface area contributed by atoms with Crippen LogP contribution in [0.15, 0.2) is 23.2 Å². The first-order valence-corrected chi connectivity index (χ1v) is 12.0. The number of fused-ring (bicyclic) bond motifs is 1. The second kappa shape index (κ2) is 8.88. The number of halogens is 1. The second-order valence-corrected chi connectivity index (χ2v) is 10.4. The van der Waals surface area contributed by atoms with E-state index in [0.29, 0.717) is 19.0 Å². The Balaban J connectivity index is 1.85. The molecule has 0 spiro atoms. The van der Waals surface area contributed by atoms with Crippen LogP contribution in [0.1, 0.15) is 69.1 Å². The highest BCUT2D eigenvalue weighted by atomic mass is 32.2. The summed E-state index contributed by atoms with van der Waals surface area (Å²) in [6.07, 6.45) is 1.69. The molecule has 0 atom stereocenters. The monoisotopic (exact) mass is 436 g/mol. The summed E-state index contributed by atoms with van der Waals surface area (Å²) in [5.41, 5.74) is 2.21. The maximum Gasteiger partial charge on any atom is 0.213 e. The molecule has 2 aromatic rings. The first kappa shape index (κ1) is 22.5. The number of rotatable bonds is 7. The van der Waals surface area contributed by atoms with Crippen LogP contribution in [-0.4, -0.2) is 36.3 Å². The standard InChI is InChI=1S/C22H29FN2O4S/c1-14(2)18-9-16(23)10-19(15(3)4)20(18)11-17(26)13-30(27,28)21-12-22-25(24-21)7-5-6-8-29-22/h9-10,12,14-15H,5-8,11,13H2,1-4H3. The summed E-state index contributed by atoms with van der Waals surface area (Å²) in [6, 6.07) is 4.28. The number of carbonyl (C=O) groups excluding carboxylic acids is 1. The van der Waals surface area contributed by atoms with E-state index in [1.807, 2.05) is 27.7 Å². The van der Waals surface area contributed by atoms with E-state index >= 15 is 0 Å². The summed E-state index contributed by atoms with van der Waals surface area (Å²) in [5, 5.41) is 4.01. The lowest BCUT2D eigenvalue weighted by Crippen LogP contribution is -2.20. The van der Waals surface area contributed by atoms with E-state index in [0.717, 1.165) is 29.5 Å². The van der Waals surface area contributed by atoms with Crippen LogP contribution in [-0.2, 0) is 27.6 Å². The molecule has 30 heavy (non-hydrogen) atoms. The molecule has 0 fully saturated rings. The van der Waals surface area contributed by atoms with Gasteiger partial charge in [0.25, 0.3) is 0 Å². The SMILES string of the molecule is CC(C)c1cc(F)cc(C(C)C)c1CC(=O)CS(=O)(=O)c1cc2n(n1)CCCCO2. The molecule has 8 heteroatoms. The summed E-state index contributed by atoms with van der Waals surface area (Å²) in [6.45, 7) is 8.84. The summed E-state index contributed by atoms with van der Waals surface area (Å²) < 4.78 is 46.8. The number of ether oxygens (including phenoxy) is 1. The molecular weight excluding hydrogens is 407 g/mol. The smallest absolute Gasteiger partial charge is 0.213 e. The van der Waals surface area contributed by atoms with Gasteiger partial charge in [-0.05, 0) is 53.5 Å². The fourth-order valence-corrected chi connectivity index (χ4v) is 4.97. The molecule has 2 heterocycles. The number of aromatic nitrogens is 2. The molecule has 0 saturated carbocycles. The first-order chi connectivity index (χ1) is 14.1. The van der Waals surface area contributed by atoms with Gasteiger partial charge in [0.05, 0.1) is 6.61 Å². The van der Waals surface area contributed by atoms with Gasteiger partial charge in [0.15, 0.2) is 10.8 Å². The van der Waals surface area contributed by atoms with Crippen molar-refractivity contribution in [3.63, 3.8) is 0 Å². The lowest BCUT2D eigenvalue weighted by molar-refractivity contribution is -0.116. The van der Waals surface area contributed by atoms with Gasteiger partial charge in [-0.3, -0.25) is 4.79 Å². The van der Waals surface area contributed by atoms with Gasteiger partial charge in [0, 0.05) is 19.0 Å². The molecule has 3 rings (SSSR count). The van der Waals surface area contributed by atoms with Gasteiger partial charge < -0.3 is 4.74 Å². The Hall–Kier alpha value is -2.22. The van der Waals surface area contributed by atoms with Crippen molar-refractivity contribution in [2.24, 2.45) is 0 Å². The molecule has 1 aromatic carbocycles. The number of sulfone groups is 1. The van der Waals surface area contributed by atoms with Crippen molar-refractivity contribution in [1.82, 2.24) is 9.78 Å². The topological polar surface area (TPSA) is 78.3 Å². The van der Waals surface area contributed by atoms with Crippen LogP contribution in [0.2, 0.25) is 0 Å². The van der Waals surface area contributed by atoms with Crippen LogP contribution in [0.25, 0.3) is 0 Å². The van der Waals surface area contributed by atoms with E-state index in [4.69, 9.17) is 4.74 Å². The summed E-state index contributed by atoms with van der Waals surface area (Å²) in [7, 11) is -3.90. The van der Waals surface area contributed by atoms with E-state index in [-0.39, 0.29) is 29.1 Å². The highest BCUT2D eigenvalue weighted by Crippen LogP contribution is 2.30. The zero-order valence-electron chi connectivity index (χ0n) is 17.9. The number of aryl methyl sites for hydroxylation is 1. The van der Waals surface area contributed by atoms with Crippen LogP contribution in [0.4, 0.5) is 4.39 Å². The predicted octanol–water partition coefficient (Wildman–Crippen LogP) is 4.03. The van der Waals surface area contributed by atoms with Gasteiger partial charge in [0.2, 0.25) is 15.7 Å². The second-order valence-electron chi connectivity index (χ2n) is 8.45. The number of hydrogen-bond donors (Lipinski definition) is 0. The fourth-order valence-electron chi connectivity index (χ4n) is 3.79. The van der Waals surface area contributed by atoms with Gasteiger partial charge in [-0.15, -0.1) is 0 Å². The number of carbonyl (C=O) groups is 1. The number of Topliss-reactive ketones (excluding diaryl/α,β-unsaturated/α-hetero) is 1. The van der Waals surface area contributed by atoms with Crippen LogP contribution in [0.3, 0.4) is 0 Å². The van der Waals surface area contributed by atoms with Gasteiger partial charge >= 0.3 is 0 Å². The molecule has 0 N–H and O–H groups in total. The maximum absolute atomic E-state index is 14.1. The maximum atomic E-state index is 14.1. The van der Waals surface area contributed by atoms with E-state index in [1.165, 1.54) is 22.9 Å². The van der Waals surface area contributed by atoms with E-state index in [9.17, 15) is 17.6 Å². The number of ketones is 1. The summed E-state index contributed by atoms with van der Waals surface area (Å²) in [5.74, 6) is -0.978. The minimum absolute atomic E-state index is 0.0126. The molecule has 0 amide bonds. The van der Waals surface area contributed by atoms with Crippen molar-refractivity contribution >= 4 is 15.6 Å². The Morgan fingerprint density at radius 1 is 1.13 bits per heavy atom. The first-order valence-electron chi connectivity index (χ1n) is 10.4. The molecule has 0 saturated heterocycles. The van der Waals surface area contributed by atoms with Crippen molar-refractivity contribution in [3.8, 4) is 5.88 Å². The third kappa shape index (κ3) is 4.91. The number of nitrogens with zero attached hydrogens (tertiary/aromatic N) is 2. The Labute approximate surface area is 177 Å². The van der Waals surface area contributed by atoms with E-state index in [1.54, 1.807) is 0 Å². The van der Waals surface area contributed by atoms with Gasteiger partial charge in [-0.1, -0.05) is 27.7 Å². The minimum Gasteiger partial charge on any atom is -0.478 e. The molecule has 1 aliphatic heterocycles. The minimum atomic E-state index is -3.90. The molecule has 6 nitrogen and oxygen atoms in total. The average Bonchev–Trinajstić information content (AvgIpc) is 2.94. The molecular formula is C22H29FN2O4S. The average molecular weight is 437 g/mol. The van der Waals surface area contributed by atoms with Crippen molar-refractivity contribution in [1.29, 1.82) is 0 Å². The van der Waals surface area contributed by atoms with E-state index < -0.39 is 21.4 Å². The van der Waals surface area contributed by atoms with Crippen molar-refractivity contribution in [2.75, 3.05) is 12.4 Å². The van der Waals surface area contributed by atoms with Gasteiger partial charge in [0.1, 0.15) is 11.6 Å². The molecule has 164 valence electrons. The molecule has 1 aliphatic rings. The van der Waals surface area contributed by atoms with Crippen LogP contribution >= 0.6 is 0 Å². The highest BCUT2D eigenvalue weighted by Gasteiger charge is 2.27. The van der Waals surface area contributed by atoms with Gasteiger partial charge in [-0.25, -0.2) is 17.5 Å². The zero-order chi connectivity index (χ0) is 22.1. The third-order valence-corrected chi connectivity index (χ3v) is 6.84. The summed E-state index contributed by atoms with van der Waals surface area (Å²) in [4.78, 5) is 12.8. The summed E-state index contributed by atoms with van der Waals surface area (Å²) >= 11 is 0. The number of benzene rings is 1. The largest absolute Gasteiger partial charge is 0.478 e. The third-order valence-electron chi connectivity index (χ3n) is 5.31. The van der Waals surface area contributed by atoms with E-state index in [2.05, 4.69) is 5.10 Å². The molecule has 0 bridgehead atoms. The van der Waals surface area contributed by atoms with Crippen LogP contribution < -0.4 is 4.74 Å². The fraction of sp³-hybridized carbons (Fsp3) is 0.545. The molecule has 0 aliphatic carbocycles. The Morgan fingerprint density at radius 2 is 1.77 bits per heavy atom. The molecule has 0 radical (unpaired) electrons. The molecule has 1 aromatic heterocycles.